The number of rotatable bonds is 5. The van der Waals surface area contributed by atoms with Gasteiger partial charge in [-0.15, -0.1) is 0 Å². The molecule has 1 aromatic heterocycles. The maximum absolute atomic E-state index is 11.9. The van der Waals surface area contributed by atoms with Gasteiger partial charge in [0.1, 0.15) is 11.5 Å². The highest BCUT2D eigenvalue weighted by molar-refractivity contribution is 6.37. The summed E-state index contributed by atoms with van der Waals surface area (Å²) in [5.74, 6) is -1.69. The summed E-state index contributed by atoms with van der Waals surface area (Å²) < 4.78 is 5.43. The van der Waals surface area contributed by atoms with Crippen molar-refractivity contribution in [1.29, 1.82) is 0 Å². The van der Waals surface area contributed by atoms with Crippen molar-refractivity contribution in [3.05, 3.63) is 68.1 Å². The van der Waals surface area contributed by atoms with Crippen LogP contribution in [-0.4, -0.2) is 22.2 Å². The molecule has 0 aliphatic heterocycles. The van der Waals surface area contributed by atoms with E-state index in [9.17, 15) is 19.8 Å². The minimum Gasteiger partial charge on any atom is -0.478 e. The van der Waals surface area contributed by atoms with E-state index in [1.54, 1.807) is 38.1 Å². The number of furan rings is 1. The van der Waals surface area contributed by atoms with Crippen molar-refractivity contribution >= 4 is 46.8 Å². The van der Waals surface area contributed by atoms with Crippen molar-refractivity contribution in [1.82, 2.24) is 0 Å². The molecule has 0 bridgehead atoms. The summed E-state index contributed by atoms with van der Waals surface area (Å²) in [6, 6.07) is 6.35. The van der Waals surface area contributed by atoms with E-state index in [1.807, 2.05) is 0 Å². The Balaban J connectivity index is 2.78. The molecule has 26 heavy (non-hydrogen) atoms. The number of halogens is 2. The molecule has 0 saturated heterocycles. The van der Waals surface area contributed by atoms with Gasteiger partial charge in [0.15, 0.2) is 0 Å². The molecule has 0 spiro atoms. The molecule has 2 rings (SSSR count). The molecule has 0 radical (unpaired) electrons. The zero-order valence-electron chi connectivity index (χ0n) is 14.3. The predicted molar refractivity (Wildman–Crippen MR) is 100 cm³/mol. The van der Waals surface area contributed by atoms with Crippen LogP contribution in [0.3, 0.4) is 0 Å². The lowest BCUT2D eigenvalue weighted by Gasteiger charge is -2.10. The van der Waals surface area contributed by atoms with Crippen LogP contribution in [0.25, 0.3) is 11.6 Å². The number of carboxylic acid groups (broad SMARTS) is 2. The van der Waals surface area contributed by atoms with Gasteiger partial charge in [-0.2, -0.15) is 0 Å². The standard InChI is InChI=1S/C19H16Cl2O5/c1-9-7-12(11(3)26-9)10(2)17(19(24)25)14(18(22)23)8-13-15(20)5-4-6-16(13)21/h4-8H,1-3H3,(H,22,23)(H,24,25)/b14-8-,17-10-. The third-order valence-electron chi connectivity index (χ3n) is 3.82. The molecule has 0 unspecified atom stereocenters. The first-order valence-corrected chi connectivity index (χ1v) is 8.30. The van der Waals surface area contributed by atoms with E-state index >= 15 is 0 Å². The van der Waals surface area contributed by atoms with Crippen molar-refractivity contribution in [3.8, 4) is 0 Å². The monoisotopic (exact) mass is 394 g/mol. The molecule has 136 valence electrons. The topological polar surface area (TPSA) is 87.7 Å². The molecule has 0 fully saturated rings. The number of hydrogen-bond acceptors (Lipinski definition) is 3. The van der Waals surface area contributed by atoms with Gasteiger partial charge < -0.3 is 14.6 Å². The molecular weight excluding hydrogens is 379 g/mol. The van der Waals surface area contributed by atoms with E-state index in [-0.39, 0.29) is 26.8 Å². The average Bonchev–Trinajstić information content (AvgIpc) is 2.87. The summed E-state index contributed by atoms with van der Waals surface area (Å²) in [5, 5.41) is 19.7. The first kappa shape index (κ1) is 19.8. The third-order valence-corrected chi connectivity index (χ3v) is 4.48. The number of carboxylic acids is 2. The molecule has 0 aliphatic carbocycles. The molecule has 0 saturated carbocycles. The van der Waals surface area contributed by atoms with Crippen LogP contribution in [0.1, 0.15) is 29.6 Å². The Morgan fingerprint density at radius 2 is 1.65 bits per heavy atom. The van der Waals surface area contributed by atoms with Gasteiger partial charge in [-0.05, 0) is 50.6 Å². The highest BCUT2D eigenvalue weighted by atomic mass is 35.5. The molecule has 0 amide bonds. The Kier molecular flexibility index (Phi) is 5.95. The van der Waals surface area contributed by atoms with Crippen LogP contribution < -0.4 is 0 Å². The number of benzene rings is 1. The first-order chi connectivity index (χ1) is 12.1. The summed E-state index contributed by atoms with van der Waals surface area (Å²) in [7, 11) is 0. The number of hydrogen-bond donors (Lipinski definition) is 2. The van der Waals surface area contributed by atoms with Crippen molar-refractivity contribution in [3.63, 3.8) is 0 Å². The van der Waals surface area contributed by atoms with Gasteiger partial charge in [-0.1, -0.05) is 29.3 Å². The van der Waals surface area contributed by atoms with E-state index in [1.165, 1.54) is 13.0 Å². The Morgan fingerprint density at radius 3 is 2.08 bits per heavy atom. The van der Waals surface area contributed by atoms with E-state index in [2.05, 4.69) is 0 Å². The number of allylic oxidation sites excluding steroid dienone is 1. The zero-order chi connectivity index (χ0) is 19.6. The Bertz CT molecular complexity index is 931. The summed E-state index contributed by atoms with van der Waals surface area (Å²) in [6.45, 7) is 4.94. The van der Waals surface area contributed by atoms with Crippen molar-refractivity contribution < 1.29 is 24.2 Å². The molecular formula is C19H16Cl2O5. The molecule has 7 heteroatoms. The van der Waals surface area contributed by atoms with Crippen LogP contribution >= 0.6 is 23.2 Å². The second-order valence-electron chi connectivity index (χ2n) is 5.63. The minimum atomic E-state index is -1.41. The first-order valence-electron chi connectivity index (χ1n) is 7.54. The quantitative estimate of drug-likeness (QED) is 0.535. The molecule has 1 aromatic carbocycles. The van der Waals surface area contributed by atoms with Gasteiger partial charge in [0, 0.05) is 21.2 Å². The van der Waals surface area contributed by atoms with Crippen molar-refractivity contribution in [2.45, 2.75) is 20.8 Å². The van der Waals surface area contributed by atoms with E-state index < -0.39 is 17.5 Å². The number of aryl methyl sites for hydroxylation is 2. The SMILES string of the molecule is C/C(=C(C(=O)O)\C(=C\c1c(Cl)cccc1Cl)C(=O)O)c1cc(C)oc1C. The fourth-order valence-electron chi connectivity index (χ4n) is 2.65. The largest absolute Gasteiger partial charge is 0.478 e. The lowest BCUT2D eigenvalue weighted by Crippen LogP contribution is -2.13. The normalized spacial score (nSPS) is 12.7. The minimum absolute atomic E-state index is 0.217. The van der Waals surface area contributed by atoms with Gasteiger partial charge in [-0.3, -0.25) is 0 Å². The Hall–Kier alpha value is -2.50. The predicted octanol–water partition coefficient (Wildman–Crippen LogP) is 5.23. The smallest absolute Gasteiger partial charge is 0.336 e. The summed E-state index contributed by atoms with van der Waals surface area (Å²) in [5.41, 5.74) is 0.238. The molecule has 2 aromatic rings. The van der Waals surface area contributed by atoms with Gasteiger partial charge in [0.25, 0.3) is 0 Å². The molecule has 0 aliphatic rings. The van der Waals surface area contributed by atoms with Crippen LogP contribution in [0.15, 0.2) is 39.8 Å². The van der Waals surface area contributed by atoms with E-state index in [4.69, 9.17) is 27.6 Å². The lowest BCUT2D eigenvalue weighted by atomic mass is 9.94. The molecule has 2 N–H and O–H groups in total. The van der Waals surface area contributed by atoms with Gasteiger partial charge in [0.05, 0.1) is 11.1 Å². The fraction of sp³-hybridized carbons (Fsp3) is 0.158. The van der Waals surface area contributed by atoms with Crippen molar-refractivity contribution in [2.24, 2.45) is 0 Å². The maximum Gasteiger partial charge on any atom is 0.336 e. The zero-order valence-corrected chi connectivity index (χ0v) is 15.8. The summed E-state index contributed by atoms with van der Waals surface area (Å²) in [6.07, 6.45) is 1.17. The van der Waals surface area contributed by atoms with Crippen LogP contribution in [0.4, 0.5) is 0 Å². The second kappa shape index (κ2) is 7.81. The van der Waals surface area contributed by atoms with Crippen LogP contribution in [-0.2, 0) is 9.59 Å². The van der Waals surface area contributed by atoms with Crippen LogP contribution in [0, 0.1) is 13.8 Å². The highest BCUT2D eigenvalue weighted by Gasteiger charge is 2.25. The second-order valence-corrected chi connectivity index (χ2v) is 6.44. The Morgan fingerprint density at radius 1 is 1.08 bits per heavy atom. The summed E-state index contributed by atoms with van der Waals surface area (Å²) in [4.78, 5) is 23.7. The van der Waals surface area contributed by atoms with Crippen molar-refractivity contribution in [2.75, 3.05) is 0 Å². The Labute approximate surface area is 160 Å². The van der Waals surface area contributed by atoms with Crippen LogP contribution in [0.5, 0.6) is 0 Å². The van der Waals surface area contributed by atoms with Gasteiger partial charge >= 0.3 is 11.9 Å². The number of carbonyl (C=O) groups is 2. The lowest BCUT2D eigenvalue weighted by molar-refractivity contribution is -0.136. The molecule has 1 heterocycles. The molecule has 5 nitrogen and oxygen atoms in total. The molecule has 0 atom stereocenters. The van der Waals surface area contributed by atoms with Crippen LogP contribution in [0.2, 0.25) is 10.0 Å². The third kappa shape index (κ3) is 4.00. The van der Waals surface area contributed by atoms with E-state index in [0.717, 1.165) is 0 Å². The highest BCUT2D eigenvalue weighted by Crippen LogP contribution is 2.32. The van der Waals surface area contributed by atoms with Gasteiger partial charge in [0.2, 0.25) is 0 Å². The summed E-state index contributed by atoms with van der Waals surface area (Å²) >= 11 is 12.2. The fourth-order valence-corrected chi connectivity index (χ4v) is 3.16. The van der Waals surface area contributed by atoms with Gasteiger partial charge in [-0.25, -0.2) is 9.59 Å². The maximum atomic E-state index is 11.9. The number of aliphatic carboxylic acids is 2. The average molecular weight is 395 g/mol. The van der Waals surface area contributed by atoms with E-state index in [0.29, 0.717) is 17.1 Å².